The molecule has 142 valence electrons. The van der Waals surface area contributed by atoms with E-state index in [9.17, 15) is 0 Å². The van der Waals surface area contributed by atoms with Crippen LogP contribution < -0.4 is 10.6 Å². The Labute approximate surface area is 152 Å². The van der Waals surface area contributed by atoms with E-state index in [0.29, 0.717) is 6.04 Å². The Morgan fingerprint density at radius 1 is 1.28 bits per heavy atom. The first-order chi connectivity index (χ1) is 12.3. The van der Waals surface area contributed by atoms with Crippen LogP contribution in [-0.2, 0) is 13.0 Å². The highest BCUT2D eigenvalue weighted by Crippen LogP contribution is 2.16. The molecule has 0 aromatic carbocycles. The van der Waals surface area contributed by atoms with Crippen LogP contribution in [0.5, 0.6) is 0 Å². The molecule has 1 aliphatic rings. The van der Waals surface area contributed by atoms with E-state index in [2.05, 4.69) is 51.1 Å². The van der Waals surface area contributed by atoms with E-state index in [1.807, 2.05) is 0 Å². The molecule has 2 rings (SSSR count). The molecule has 7 nitrogen and oxygen atoms in total. The van der Waals surface area contributed by atoms with Crippen molar-refractivity contribution in [3.05, 3.63) is 12.2 Å². The summed E-state index contributed by atoms with van der Waals surface area (Å²) in [6, 6.07) is 0.597. The summed E-state index contributed by atoms with van der Waals surface area (Å²) in [4.78, 5) is 7.39. The SMILES string of the molecule is CCCCNC(=NCC1CCCN1CC)NCCn1cnnc1CC. The Morgan fingerprint density at radius 3 is 2.88 bits per heavy atom. The maximum absolute atomic E-state index is 4.85. The number of aliphatic imine (C=N–C) groups is 1. The first kappa shape index (κ1) is 19.7. The fourth-order valence-electron chi connectivity index (χ4n) is 3.31. The number of rotatable bonds is 10. The zero-order chi connectivity index (χ0) is 17.9. The normalized spacial score (nSPS) is 18.7. The van der Waals surface area contributed by atoms with Gasteiger partial charge >= 0.3 is 0 Å². The van der Waals surface area contributed by atoms with Crippen LogP contribution in [0, 0.1) is 0 Å². The summed E-state index contributed by atoms with van der Waals surface area (Å²) < 4.78 is 2.10. The van der Waals surface area contributed by atoms with Gasteiger partial charge in [-0.25, -0.2) is 0 Å². The Balaban J connectivity index is 1.84. The van der Waals surface area contributed by atoms with Gasteiger partial charge in [0.25, 0.3) is 0 Å². The van der Waals surface area contributed by atoms with Gasteiger partial charge in [0.2, 0.25) is 0 Å². The zero-order valence-electron chi connectivity index (χ0n) is 16.2. The van der Waals surface area contributed by atoms with Crippen molar-refractivity contribution in [2.75, 3.05) is 32.7 Å². The lowest BCUT2D eigenvalue weighted by atomic mass is 10.2. The third-order valence-corrected chi connectivity index (χ3v) is 4.85. The fraction of sp³-hybridized carbons (Fsp3) is 0.833. The Kier molecular flexibility index (Phi) is 8.72. The molecule has 1 aromatic rings. The van der Waals surface area contributed by atoms with E-state index in [0.717, 1.165) is 57.3 Å². The smallest absolute Gasteiger partial charge is 0.191 e. The van der Waals surface area contributed by atoms with Crippen LogP contribution in [0.15, 0.2) is 11.3 Å². The highest BCUT2D eigenvalue weighted by atomic mass is 15.3. The van der Waals surface area contributed by atoms with Gasteiger partial charge in [0.05, 0.1) is 6.54 Å². The van der Waals surface area contributed by atoms with E-state index in [4.69, 9.17) is 4.99 Å². The van der Waals surface area contributed by atoms with Crippen molar-refractivity contribution < 1.29 is 0 Å². The first-order valence-electron chi connectivity index (χ1n) is 9.91. The molecule has 2 heterocycles. The Bertz CT molecular complexity index is 511. The summed E-state index contributed by atoms with van der Waals surface area (Å²) in [6.45, 7) is 12.4. The van der Waals surface area contributed by atoms with Crippen LogP contribution in [0.2, 0.25) is 0 Å². The molecule has 0 radical (unpaired) electrons. The minimum atomic E-state index is 0.597. The van der Waals surface area contributed by atoms with Gasteiger partial charge in [0.1, 0.15) is 12.2 Å². The molecule has 0 amide bonds. The number of hydrogen-bond donors (Lipinski definition) is 2. The van der Waals surface area contributed by atoms with E-state index in [-0.39, 0.29) is 0 Å². The maximum Gasteiger partial charge on any atom is 0.191 e. The van der Waals surface area contributed by atoms with Crippen LogP contribution >= 0.6 is 0 Å². The van der Waals surface area contributed by atoms with Crippen molar-refractivity contribution in [2.24, 2.45) is 4.99 Å². The molecular weight excluding hydrogens is 314 g/mol. The second-order valence-corrected chi connectivity index (χ2v) is 6.62. The summed E-state index contributed by atoms with van der Waals surface area (Å²) in [5.41, 5.74) is 0. The van der Waals surface area contributed by atoms with E-state index in [1.165, 1.54) is 25.8 Å². The number of likely N-dealkylation sites (N-methyl/N-ethyl adjacent to an activating group) is 1. The highest BCUT2D eigenvalue weighted by molar-refractivity contribution is 5.79. The maximum atomic E-state index is 4.85. The van der Waals surface area contributed by atoms with Crippen LogP contribution in [0.4, 0.5) is 0 Å². The molecule has 2 N–H and O–H groups in total. The number of hydrogen-bond acceptors (Lipinski definition) is 4. The number of guanidine groups is 1. The molecule has 1 atom stereocenters. The van der Waals surface area contributed by atoms with Crippen LogP contribution in [0.3, 0.4) is 0 Å². The number of nitrogens with one attached hydrogen (secondary N) is 2. The molecule has 0 spiro atoms. The quantitative estimate of drug-likeness (QED) is 0.382. The van der Waals surface area contributed by atoms with Gasteiger partial charge in [0, 0.05) is 32.1 Å². The third-order valence-electron chi connectivity index (χ3n) is 4.85. The largest absolute Gasteiger partial charge is 0.356 e. The fourth-order valence-corrected chi connectivity index (χ4v) is 3.31. The van der Waals surface area contributed by atoms with Crippen molar-refractivity contribution in [3.63, 3.8) is 0 Å². The van der Waals surface area contributed by atoms with Gasteiger partial charge < -0.3 is 15.2 Å². The van der Waals surface area contributed by atoms with Crippen LogP contribution in [0.1, 0.15) is 52.3 Å². The number of aromatic nitrogens is 3. The van der Waals surface area contributed by atoms with Gasteiger partial charge in [-0.05, 0) is 32.4 Å². The summed E-state index contributed by atoms with van der Waals surface area (Å²) in [7, 11) is 0. The molecule has 1 saturated heterocycles. The number of unbranched alkanes of at least 4 members (excludes halogenated alkanes) is 1. The van der Waals surface area contributed by atoms with E-state index >= 15 is 0 Å². The van der Waals surface area contributed by atoms with Gasteiger partial charge in [0.15, 0.2) is 5.96 Å². The van der Waals surface area contributed by atoms with Crippen LogP contribution in [0.25, 0.3) is 0 Å². The molecule has 25 heavy (non-hydrogen) atoms. The van der Waals surface area contributed by atoms with E-state index in [1.54, 1.807) is 6.33 Å². The second-order valence-electron chi connectivity index (χ2n) is 6.62. The van der Waals surface area contributed by atoms with Crippen LogP contribution in [-0.4, -0.2) is 64.4 Å². The predicted octanol–water partition coefficient (Wildman–Crippen LogP) is 1.66. The minimum Gasteiger partial charge on any atom is -0.356 e. The van der Waals surface area contributed by atoms with Crippen molar-refractivity contribution in [1.82, 2.24) is 30.3 Å². The number of aryl methyl sites for hydroxylation is 1. The Hall–Kier alpha value is -1.63. The molecule has 1 fully saturated rings. The average molecular weight is 350 g/mol. The highest BCUT2D eigenvalue weighted by Gasteiger charge is 2.22. The molecule has 0 saturated carbocycles. The molecule has 0 aliphatic carbocycles. The third kappa shape index (κ3) is 6.30. The number of nitrogens with zero attached hydrogens (tertiary/aromatic N) is 5. The second kappa shape index (κ2) is 11.1. The molecule has 1 aromatic heterocycles. The van der Waals surface area contributed by atoms with E-state index < -0.39 is 0 Å². The first-order valence-corrected chi connectivity index (χ1v) is 9.91. The lowest BCUT2D eigenvalue weighted by Gasteiger charge is -2.21. The van der Waals surface area contributed by atoms with Crippen molar-refractivity contribution in [3.8, 4) is 0 Å². The lowest BCUT2D eigenvalue weighted by Crippen LogP contribution is -2.41. The lowest BCUT2D eigenvalue weighted by molar-refractivity contribution is 0.273. The summed E-state index contributed by atoms with van der Waals surface area (Å²) >= 11 is 0. The van der Waals surface area contributed by atoms with Gasteiger partial charge in [-0.3, -0.25) is 9.89 Å². The summed E-state index contributed by atoms with van der Waals surface area (Å²) in [5.74, 6) is 1.96. The molecule has 1 unspecified atom stereocenters. The van der Waals surface area contributed by atoms with Crippen molar-refractivity contribution >= 4 is 5.96 Å². The summed E-state index contributed by atoms with van der Waals surface area (Å²) in [5, 5.41) is 15.1. The summed E-state index contributed by atoms with van der Waals surface area (Å²) in [6.07, 6.45) is 7.63. The van der Waals surface area contributed by atoms with Gasteiger partial charge in [-0.15, -0.1) is 10.2 Å². The molecular formula is C18H35N7. The average Bonchev–Trinajstić information content (AvgIpc) is 3.27. The Morgan fingerprint density at radius 2 is 2.12 bits per heavy atom. The monoisotopic (exact) mass is 349 g/mol. The van der Waals surface area contributed by atoms with Gasteiger partial charge in [-0.2, -0.15) is 0 Å². The molecule has 1 aliphatic heterocycles. The number of likely N-dealkylation sites (tertiary alicyclic amines) is 1. The van der Waals surface area contributed by atoms with Crippen molar-refractivity contribution in [1.29, 1.82) is 0 Å². The molecule has 0 bridgehead atoms. The topological polar surface area (TPSA) is 70.4 Å². The van der Waals surface area contributed by atoms with Crippen molar-refractivity contribution in [2.45, 2.75) is 65.5 Å². The van der Waals surface area contributed by atoms with Gasteiger partial charge in [-0.1, -0.05) is 27.2 Å². The standard InChI is InChI=1S/C18H35N7/c1-4-7-10-19-18(21-14-16-9-8-12-24(16)6-3)20-11-13-25-15-22-23-17(25)5-2/h15-16H,4-14H2,1-3H3,(H2,19,20,21). The molecule has 7 heteroatoms. The minimum absolute atomic E-state index is 0.597. The predicted molar refractivity (Wildman–Crippen MR) is 103 cm³/mol. The zero-order valence-corrected chi connectivity index (χ0v) is 16.2.